The van der Waals surface area contributed by atoms with E-state index in [1.807, 2.05) is 31.3 Å². The van der Waals surface area contributed by atoms with Gasteiger partial charge in [0.25, 0.3) is 0 Å². The van der Waals surface area contributed by atoms with E-state index in [1.165, 1.54) is 11.8 Å². The summed E-state index contributed by atoms with van der Waals surface area (Å²) in [5.74, 6) is 1.43. The molecule has 2 rings (SSSR count). The summed E-state index contributed by atoms with van der Waals surface area (Å²) in [7, 11) is 3.45. The van der Waals surface area contributed by atoms with Crippen LogP contribution in [0.5, 0.6) is 0 Å². The second-order valence-electron chi connectivity index (χ2n) is 3.46. The van der Waals surface area contributed by atoms with E-state index in [9.17, 15) is 0 Å². The molecule has 2 aromatic rings. The number of methoxy groups -OCH3 is 1. The average Bonchev–Trinajstić information content (AvgIpc) is 2.40. The molecule has 0 aliphatic carbocycles. The first-order valence-corrected chi connectivity index (χ1v) is 6.27. The van der Waals surface area contributed by atoms with Crippen LogP contribution in [0.25, 0.3) is 0 Å². The van der Waals surface area contributed by atoms with Crippen molar-refractivity contribution in [2.45, 2.75) is 16.7 Å². The lowest BCUT2D eigenvalue weighted by molar-refractivity contribution is 0.177. The van der Waals surface area contributed by atoms with Crippen molar-refractivity contribution in [2.24, 2.45) is 0 Å². The monoisotopic (exact) mass is 262 g/mol. The van der Waals surface area contributed by atoms with E-state index in [1.54, 1.807) is 13.3 Å². The maximum Gasteiger partial charge on any atom is 0.157 e. The molecule has 0 bridgehead atoms. The molecular formula is C12H14N4OS. The predicted molar refractivity (Wildman–Crippen MR) is 70.7 cm³/mol. The number of nitrogens with zero attached hydrogens (tertiary/aromatic N) is 3. The van der Waals surface area contributed by atoms with Crippen molar-refractivity contribution >= 4 is 17.6 Å². The van der Waals surface area contributed by atoms with Gasteiger partial charge in [-0.1, -0.05) is 6.07 Å². The molecule has 94 valence electrons. The Labute approximate surface area is 110 Å². The lowest BCUT2D eigenvalue weighted by Gasteiger charge is -2.06. The number of pyridine rings is 1. The number of ether oxygens (including phenoxy) is 1. The summed E-state index contributed by atoms with van der Waals surface area (Å²) >= 11 is 1.50. The maximum absolute atomic E-state index is 5.05. The minimum atomic E-state index is 0.394. The Morgan fingerprint density at radius 2 is 2.17 bits per heavy atom. The van der Waals surface area contributed by atoms with Crippen molar-refractivity contribution in [1.82, 2.24) is 15.0 Å². The minimum absolute atomic E-state index is 0.394. The van der Waals surface area contributed by atoms with Gasteiger partial charge in [0.2, 0.25) is 0 Å². The van der Waals surface area contributed by atoms with Crippen LogP contribution in [0.2, 0.25) is 0 Å². The van der Waals surface area contributed by atoms with E-state index in [4.69, 9.17) is 4.74 Å². The highest BCUT2D eigenvalue weighted by atomic mass is 32.2. The number of aromatic nitrogens is 3. The van der Waals surface area contributed by atoms with Crippen LogP contribution in [-0.4, -0.2) is 29.1 Å². The first-order valence-electron chi connectivity index (χ1n) is 5.45. The zero-order chi connectivity index (χ0) is 12.8. The van der Waals surface area contributed by atoms with Crippen LogP contribution >= 0.6 is 11.8 Å². The Kier molecular flexibility index (Phi) is 4.49. The van der Waals surface area contributed by atoms with Crippen LogP contribution in [0.15, 0.2) is 40.5 Å². The van der Waals surface area contributed by atoms with Crippen LogP contribution in [0.1, 0.15) is 5.82 Å². The summed E-state index contributed by atoms with van der Waals surface area (Å²) in [6, 6.07) is 7.67. The summed E-state index contributed by atoms with van der Waals surface area (Å²) in [6.45, 7) is 0.394. The van der Waals surface area contributed by atoms with Crippen molar-refractivity contribution in [3.05, 3.63) is 36.3 Å². The second kappa shape index (κ2) is 6.32. The number of anilines is 1. The fraction of sp³-hybridized carbons (Fsp3) is 0.250. The van der Waals surface area contributed by atoms with Crippen LogP contribution in [0, 0.1) is 0 Å². The molecule has 0 unspecified atom stereocenters. The minimum Gasteiger partial charge on any atom is -0.377 e. The molecule has 0 amide bonds. The predicted octanol–water partition coefficient (Wildman–Crippen LogP) is 2.21. The summed E-state index contributed by atoms with van der Waals surface area (Å²) in [5, 5.41) is 4.76. The van der Waals surface area contributed by atoms with Crippen LogP contribution in [0.3, 0.4) is 0 Å². The van der Waals surface area contributed by atoms with E-state index in [2.05, 4.69) is 20.3 Å². The van der Waals surface area contributed by atoms with Crippen molar-refractivity contribution in [1.29, 1.82) is 0 Å². The highest BCUT2D eigenvalue weighted by Gasteiger charge is 2.06. The molecule has 0 aliphatic heterocycles. The Balaban J connectivity index is 2.24. The third kappa shape index (κ3) is 3.41. The van der Waals surface area contributed by atoms with Crippen LogP contribution < -0.4 is 5.32 Å². The number of hydrogen-bond donors (Lipinski definition) is 1. The molecule has 2 aromatic heterocycles. The molecular weight excluding hydrogens is 248 g/mol. The van der Waals surface area contributed by atoms with Gasteiger partial charge in [0.05, 0.1) is 0 Å². The molecule has 0 spiro atoms. The van der Waals surface area contributed by atoms with E-state index in [-0.39, 0.29) is 0 Å². The van der Waals surface area contributed by atoms with E-state index < -0.39 is 0 Å². The quantitative estimate of drug-likeness (QED) is 0.834. The first kappa shape index (κ1) is 12.8. The fourth-order valence-corrected chi connectivity index (χ4v) is 2.16. The molecule has 1 N–H and O–H groups in total. The highest BCUT2D eigenvalue weighted by molar-refractivity contribution is 7.99. The third-order valence-electron chi connectivity index (χ3n) is 2.13. The molecule has 18 heavy (non-hydrogen) atoms. The number of rotatable bonds is 5. The number of hydrogen-bond acceptors (Lipinski definition) is 6. The zero-order valence-corrected chi connectivity index (χ0v) is 11.1. The molecule has 0 radical (unpaired) electrons. The van der Waals surface area contributed by atoms with Gasteiger partial charge in [-0.05, 0) is 23.9 Å². The standard InChI is InChI=1S/C12H14N4OS/c1-13-9-7-12(16-10(15-9)8-17-2)18-11-5-3-4-6-14-11/h3-7H,8H2,1-2H3,(H,13,15,16). The maximum atomic E-state index is 5.05. The van der Waals surface area contributed by atoms with Crippen molar-refractivity contribution in [2.75, 3.05) is 19.5 Å². The second-order valence-corrected chi connectivity index (χ2v) is 4.50. The molecule has 0 aromatic carbocycles. The van der Waals surface area contributed by atoms with Gasteiger partial charge in [0, 0.05) is 26.4 Å². The summed E-state index contributed by atoms with van der Waals surface area (Å²) in [6.07, 6.45) is 1.76. The largest absolute Gasteiger partial charge is 0.377 e. The van der Waals surface area contributed by atoms with Crippen molar-refractivity contribution in [3.8, 4) is 0 Å². The topological polar surface area (TPSA) is 59.9 Å². The molecule has 0 saturated carbocycles. The third-order valence-corrected chi connectivity index (χ3v) is 2.99. The van der Waals surface area contributed by atoms with Gasteiger partial charge >= 0.3 is 0 Å². The highest BCUT2D eigenvalue weighted by Crippen LogP contribution is 2.25. The van der Waals surface area contributed by atoms with Gasteiger partial charge in [0.15, 0.2) is 5.82 Å². The molecule has 2 heterocycles. The summed E-state index contributed by atoms with van der Waals surface area (Å²) < 4.78 is 5.05. The Hall–Kier alpha value is -1.66. The van der Waals surface area contributed by atoms with E-state index in [0.29, 0.717) is 12.4 Å². The van der Waals surface area contributed by atoms with E-state index in [0.717, 1.165) is 15.9 Å². The summed E-state index contributed by atoms with van der Waals surface area (Å²) in [4.78, 5) is 13.0. The fourth-order valence-electron chi connectivity index (χ4n) is 1.36. The van der Waals surface area contributed by atoms with Gasteiger partial charge in [-0.15, -0.1) is 0 Å². The van der Waals surface area contributed by atoms with Crippen molar-refractivity contribution < 1.29 is 4.74 Å². The molecule has 0 fully saturated rings. The van der Waals surface area contributed by atoms with Crippen molar-refractivity contribution in [3.63, 3.8) is 0 Å². The molecule has 0 atom stereocenters. The normalized spacial score (nSPS) is 10.3. The molecule has 0 aliphatic rings. The Bertz CT molecular complexity index is 507. The van der Waals surface area contributed by atoms with Crippen LogP contribution in [-0.2, 0) is 11.3 Å². The van der Waals surface area contributed by atoms with Gasteiger partial charge < -0.3 is 10.1 Å². The van der Waals surface area contributed by atoms with Gasteiger partial charge in [-0.2, -0.15) is 0 Å². The first-order chi connectivity index (χ1) is 8.81. The van der Waals surface area contributed by atoms with Gasteiger partial charge in [-0.3, -0.25) is 0 Å². The summed E-state index contributed by atoms with van der Waals surface area (Å²) in [5.41, 5.74) is 0. The average molecular weight is 262 g/mol. The number of nitrogens with one attached hydrogen (secondary N) is 1. The zero-order valence-electron chi connectivity index (χ0n) is 10.3. The Morgan fingerprint density at radius 1 is 1.28 bits per heavy atom. The lowest BCUT2D eigenvalue weighted by Crippen LogP contribution is -2.02. The molecule has 0 saturated heterocycles. The van der Waals surface area contributed by atoms with Gasteiger partial charge in [0.1, 0.15) is 22.5 Å². The van der Waals surface area contributed by atoms with E-state index >= 15 is 0 Å². The Morgan fingerprint density at radius 3 is 2.83 bits per heavy atom. The SMILES string of the molecule is CNc1cc(Sc2ccccn2)nc(COC)n1. The lowest BCUT2D eigenvalue weighted by atomic mass is 10.5. The van der Waals surface area contributed by atoms with Gasteiger partial charge in [-0.25, -0.2) is 15.0 Å². The smallest absolute Gasteiger partial charge is 0.157 e. The molecule has 6 heteroatoms. The van der Waals surface area contributed by atoms with Crippen LogP contribution in [0.4, 0.5) is 5.82 Å². The molecule has 5 nitrogen and oxygen atoms in total.